The van der Waals surface area contributed by atoms with E-state index in [0.29, 0.717) is 0 Å². The number of hydrogen-bond acceptors (Lipinski definition) is 1. The molecular weight excluding hydrogens is 747 g/mol. The third-order valence-corrected chi connectivity index (χ3v) is 13.3. The first kappa shape index (κ1) is 39.4. The number of hydrogen-bond donors (Lipinski definition) is 0. The second kappa shape index (κ2) is 14.7. The van der Waals surface area contributed by atoms with Crippen LogP contribution >= 0.6 is 0 Å². The Kier molecular flexibility index (Phi) is 9.38. The van der Waals surface area contributed by atoms with E-state index < -0.39 is 0 Å². The van der Waals surface area contributed by atoms with Crippen LogP contribution in [-0.4, -0.2) is 0 Å². The van der Waals surface area contributed by atoms with Crippen molar-refractivity contribution in [2.75, 3.05) is 4.90 Å². The van der Waals surface area contributed by atoms with Crippen molar-refractivity contribution in [1.82, 2.24) is 0 Å². The highest BCUT2D eigenvalue weighted by atomic mass is 15.1. The van der Waals surface area contributed by atoms with Gasteiger partial charge in [-0.3, -0.25) is 0 Å². The molecule has 0 unspecified atom stereocenters. The minimum atomic E-state index is -0.163. The summed E-state index contributed by atoms with van der Waals surface area (Å²) in [6.07, 6.45) is 0. The highest BCUT2D eigenvalue weighted by Crippen LogP contribution is 2.57. The lowest BCUT2D eigenvalue weighted by atomic mass is 9.74. The van der Waals surface area contributed by atoms with E-state index in [0.717, 1.165) is 17.1 Å². The first-order valence-corrected chi connectivity index (χ1v) is 22.2. The molecular formula is C61H55N. The van der Waals surface area contributed by atoms with Gasteiger partial charge in [-0.15, -0.1) is 0 Å². The summed E-state index contributed by atoms with van der Waals surface area (Å²) in [4.78, 5) is 2.47. The van der Waals surface area contributed by atoms with Crippen molar-refractivity contribution < 1.29 is 0 Å². The smallest absolute Gasteiger partial charge is 0.0540 e. The Morgan fingerprint density at radius 3 is 1.56 bits per heavy atom. The fraction of sp³-hybridized carbons (Fsp3) is 0.180. The lowest BCUT2D eigenvalue weighted by Crippen LogP contribution is -2.21. The van der Waals surface area contributed by atoms with Crippen molar-refractivity contribution in [3.8, 4) is 44.5 Å². The fourth-order valence-corrected chi connectivity index (χ4v) is 9.83. The molecule has 1 aliphatic carbocycles. The maximum Gasteiger partial charge on any atom is 0.0540 e. The first-order valence-electron chi connectivity index (χ1n) is 22.2. The van der Waals surface area contributed by atoms with Gasteiger partial charge in [-0.1, -0.05) is 201 Å². The summed E-state index contributed by atoms with van der Waals surface area (Å²) in [5, 5.41) is 5.00. The topological polar surface area (TPSA) is 3.24 Å². The Bertz CT molecular complexity index is 3170. The molecule has 0 N–H and O–H groups in total. The van der Waals surface area contributed by atoms with E-state index in [-0.39, 0.29) is 16.2 Å². The lowest BCUT2D eigenvalue weighted by molar-refractivity contribution is 0.564. The van der Waals surface area contributed by atoms with Crippen LogP contribution in [0.4, 0.5) is 17.1 Å². The second-order valence-corrected chi connectivity index (χ2v) is 19.9. The highest BCUT2D eigenvalue weighted by molar-refractivity contribution is 6.00. The Labute approximate surface area is 368 Å². The van der Waals surface area contributed by atoms with Crippen LogP contribution in [0.2, 0.25) is 0 Å². The molecule has 0 spiro atoms. The first-order chi connectivity index (χ1) is 29.8. The van der Waals surface area contributed by atoms with Crippen LogP contribution in [-0.2, 0) is 16.2 Å². The summed E-state index contributed by atoms with van der Waals surface area (Å²) in [6, 6.07) is 70.1. The van der Waals surface area contributed by atoms with Gasteiger partial charge in [-0.2, -0.15) is 0 Å². The standard InChI is InChI=1S/C61H55N/c1-59(2,3)48-38-54(60(4,5)6)58-55(39-48)61(7,8)53-25-16-24-52(57(53)58)51-23-13-14-26-56(51)62(49-33-31-42(32-34-49)46-29-27-40-17-9-11-19-43(40)35-46)50-22-15-21-45(37-50)47-30-28-41-18-10-12-20-44(41)36-47/h9-39H,1-8H3. The summed E-state index contributed by atoms with van der Waals surface area (Å²) in [5.74, 6) is 0. The van der Waals surface area contributed by atoms with Crippen LogP contribution < -0.4 is 4.90 Å². The average molecular weight is 802 g/mol. The van der Waals surface area contributed by atoms with Gasteiger partial charge in [-0.05, 0) is 136 Å². The second-order valence-electron chi connectivity index (χ2n) is 19.9. The number of nitrogens with zero attached hydrogens (tertiary/aromatic N) is 1. The highest BCUT2D eigenvalue weighted by Gasteiger charge is 2.41. The normalized spacial score (nSPS) is 13.3. The molecule has 1 nitrogen and oxygen atoms in total. The number of para-hydroxylation sites is 1. The van der Waals surface area contributed by atoms with Gasteiger partial charge in [-0.25, -0.2) is 0 Å². The van der Waals surface area contributed by atoms with Crippen molar-refractivity contribution >= 4 is 38.6 Å². The Morgan fingerprint density at radius 2 is 0.919 bits per heavy atom. The summed E-state index contributed by atoms with van der Waals surface area (Å²) < 4.78 is 0. The molecule has 0 amide bonds. The monoisotopic (exact) mass is 801 g/mol. The van der Waals surface area contributed by atoms with E-state index in [1.807, 2.05) is 0 Å². The van der Waals surface area contributed by atoms with Crippen LogP contribution in [0.25, 0.3) is 66.1 Å². The van der Waals surface area contributed by atoms with Gasteiger partial charge in [0.05, 0.1) is 5.69 Å². The molecule has 1 heteroatoms. The minimum Gasteiger partial charge on any atom is -0.310 e. The van der Waals surface area contributed by atoms with E-state index >= 15 is 0 Å². The van der Waals surface area contributed by atoms with Gasteiger partial charge in [0.15, 0.2) is 0 Å². The van der Waals surface area contributed by atoms with E-state index in [1.54, 1.807) is 0 Å². The molecule has 0 bridgehead atoms. The molecule has 10 rings (SSSR count). The van der Waals surface area contributed by atoms with Gasteiger partial charge >= 0.3 is 0 Å². The summed E-state index contributed by atoms with van der Waals surface area (Å²) >= 11 is 0. The average Bonchev–Trinajstić information content (AvgIpc) is 3.51. The third kappa shape index (κ3) is 6.81. The predicted octanol–water partition coefficient (Wildman–Crippen LogP) is 17.4. The molecule has 0 aromatic heterocycles. The number of rotatable bonds is 6. The van der Waals surface area contributed by atoms with Crippen molar-refractivity contribution in [3.05, 3.63) is 210 Å². The fourth-order valence-electron chi connectivity index (χ4n) is 9.83. The maximum atomic E-state index is 2.52. The molecule has 9 aromatic rings. The quantitative estimate of drug-likeness (QED) is 0.162. The van der Waals surface area contributed by atoms with Crippen LogP contribution in [0.1, 0.15) is 77.6 Å². The van der Waals surface area contributed by atoms with Gasteiger partial charge in [0, 0.05) is 22.4 Å². The van der Waals surface area contributed by atoms with Crippen LogP contribution in [0.5, 0.6) is 0 Å². The zero-order valence-corrected chi connectivity index (χ0v) is 37.3. The Hall–Kier alpha value is -6.70. The van der Waals surface area contributed by atoms with E-state index in [2.05, 4.69) is 248 Å². The molecule has 62 heavy (non-hydrogen) atoms. The minimum absolute atomic E-state index is 0.0288. The lowest BCUT2D eigenvalue weighted by Gasteiger charge is -2.31. The largest absolute Gasteiger partial charge is 0.310 e. The molecule has 304 valence electrons. The molecule has 0 atom stereocenters. The molecule has 0 saturated carbocycles. The Balaban J connectivity index is 1.18. The number of benzene rings is 9. The molecule has 0 saturated heterocycles. The molecule has 0 radical (unpaired) electrons. The van der Waals surface area contributed by atoms with Crippen LogP contribution in [0.3, 0.4) is 0 Å². The Morgan fingerprint density at radius 1 is 0.371 bits per heavy atom. The van der Waals surface area contributed by atoms with Crippen molar-refractivity contribution in [2.45, 2.75) is 71.6 Å². The van der Waals surface area contributed by atoms with Crippen LogP contribution in [0.15, 0.2) is 188 Å². The van der Waals surface area contributed by atoms with Gasteiger partial charge in [0.2, 0.25) is 0 Å². The summed E-state index contributed by atoms with van der Waals surface area (Å²) in [7, 11) is 0. The van der Waals surface area contributed by atoms with Gasteiger partial charge in [0.1, 0.15) is 0 Å². The zero-order valence-electron chi connectivity index (χ0n) is 37.3. The van der Waals surface area contributed by atoms with Crippen LogP contribution in [0, 0.1) is 0 Å². The van der Waals surface area contributed by atoms with E-state index in [9.17, 15) is 0 Å². The van der Waals surface area contributed by atoms with E-state index in [1.165, 1.54) is 88.3 Å². The van der Waals surface area contributed by atoms with Crippen molar-refractivity contribution in [1.29, 1.82) is 0 Å². The summed E-state index contributed by atoms with van der Waals surface area (Å²) in [6.45, 7) is 19.0. The van der Waals surface area contributed by atoms with E-state index in [4.69, 9.17) is 0 Å². The molecule has 0 aliphatic heterocycles. The zero-order chi connectivity index (χ0) is 43.0. The number of fused-ring (bicyclic) bond motifs is 5. The molecule has 1 aliphatic rings. The van der Waals surface area contributed by atoms with Gasteiger partial charge < -0.3 is 4.90 Å². The third-order valence-electron chi connectivity index (χ3n) is 13.3. The molecule has 0 fully saturated rings. The van der Waals surface area contributed by atoms with Crippen molar-refractivity contribution in [2.24, 2.45) is 0 Å². The predicted molar refractivity (Wildman–Crippen MR) is 267 cm³/mol. The summed E-state index contributed by atoms with van der Waals surface area (Å²) in [5.41, 5.74) is 18.8. The molecule has 0 heterocycles. The maximum absolute atomic E-state index is 2.52. The number of anilines is 3. The molecule has 9 aromatic carbocycles. The van der Waals surface area contributed by atoms with Gasteiger partial charge in [0.25, 0.3) is 0 Å². The van der Waals surface area contributed by atoms with Crippen molar-refractivity contribution in [3.63, 3.8) is 0 Å². The SMILES string of the molecule is CC(C)(C)c1cc(C(C)(C)C)c2c(c1)C(C)(C)c1cccc(-c3ccccc3N(c3ccc(-c4ccc5ccccc5c4)cc3)c3cccc(-c4ccc5ccccc5c4)c3)c1-2.